The molecule has 1 amide bonds. The Morgan fingerprint density at radius 2 is 2.04 bits per heavy atom. The summed E-state index contributed by atoms with van der Waals surface area (Å²) in [5.74, 6) is -1.32. The molecule has 1 aliphatic rings. The average Bonchev–Trinajstić information content (AvgIpc) is 3.01. The molecule has 1 aromatic carbocycles. The van der Waals surface area contributed by atoms with Crippen LogP contribution in [0.15, 0.2) is 24.4 Å². The SMILES string of the molecule is N[C@@H](CC(=O)N1CCc2nc(C(F)(F)F)cn2C1)Cc1cc(F)ccc1F. The first-order valence-corrected chi connectivity index (χ1v) is 8.24. The van der Waals surface area contributed by atoms with Gasteiger partial charge in [0, 0.05) is 31.6 Å². The number of nitrogens with two attached hydrogens (primary N) is 1. The minimum Gasteiger partial charge on any atom is -0.327 e. The molecular weight excluding hydrogens is 371 g/mol. The summed E-state index contributed by atoms with van der Waals surface area (Å²) in [5, 5.41) is 0. The van der Waals surface area contributed by atoms with Gasteiger partial charge in [-0.25, -0.2) is 13.8 Å². The van der Waals surface area contributed by atoms with E-state index < -0.39 is 29.5 Å². The van der Waals surface area contributed by atoms with Gasteiger partial charge in [0.05, 0.1) is 6.67 Å². The molecular formula is C17H17F5N4O. The van der Waals surface area contributed by atoms with Crippen molar-refractivity contribution in [2.75, 3.05) is 6.54 Å². The van der Waals surface area contributed by atoms with Crippen molar-refractivity contribution in [2.45, 2.75) is 38.1 Å². The van der Waals surface area contributed by atoms with Crippen molar-refractivity contribution in [3.63, 3.8) is 0 Å². The van der Waals surface area contributed by atoms with Gasteiger partial charge >= 0.3 is 6.18 Å². The zero-order chi connectivity index (χ0) is 19.8. The van der Waals surface area contributed by atoms with Crippen LogP contribution in [0.4, 0.5) is 22.0 Å². The summed E-state index contributed by atoms with van der Waals surface area (Å²) in [6, 6.07) is 2.25. The fraction of sp³-hybridized carbons (Fsp3) is 0.412. The molecule has 1 aliphatic heterocycles. The lowest BCUT2D eigenvalue weighted by Gasteiger charge is -2.29. The first-order valence-electron chi connectivity index (χ1n) is 8.24. The van der Waals surface area contributed by atoms with E-state index in [1.807, 2.05) is 0 Å². The van der Waals surface area contributed by atoms with E-state index in [2.05, 4.69) is 4.98 Å². The molecule has 0 radical (unpaired) electrons. The van der Waals surface area contributed by atoms with Gasteiger partial charge in [-0.15, -0.1) is 0 Å². The maximum Gasteiger partial charge on any atom is 0.434 e. The summed E-state index contributed by atoms with van der Waals surface area (Å²) in [7, 11) is 0. The molecule has 27 heavy (non-hydrogen) atoms. The molecule has 1 aromatic heterocycles. The maximum absolute atomic E-state index is 13.7. The summed E-state index contributed by atoms with van der Waals surface area (Å²) in [5.41, 5.74) is 4.96. The van der Waals surface area contributed by atoms with E-state index in [-0.39, 0.29) is 49.8 Å². The predicted octanol–water partition coefficient (Wildman–Crippen LogP) is 2.48. The summed E-state index contributed by atoms with van der Waals surface area (Å²) >= 11 is 0. The Hall–Kier alpha value is -2.49. The number of nitrogens with zero attached hydrogens (tertiary/aromatic N) is 3. The molecule has 0 bridgehead atoms. The second-order valence-electron chi connectivity index (χ2n) is 6.46. The lowest BCUT2D eigenvalue weighted by molar-refractivity contribution is -0.141. The van der Waals surface area contributed by atoms with E-state index in [1.54, 1.807) is 0 Å². The normalized spacial score (nSPS) is 15.6. The molecule has 5 nitrogen and oxygen atoms in total. The number of fused-ring (bicyclic) bond motifs is 1. The summed E-state index contributed by atoms with van der Waals surface area (Å²) in [6.07, 6.45) is -3.65. The molecule has 0 spiro atoms. The van der Waals surface area contributed by atoms with Gasteiger partial charge in [0.25, 0.3) is 0 Å². The maximum atomic E-state index is 13.7. The van der Waals surface area contributed by atoms with Crippen LogP contribution in [0.25, 0.3) is 0 Å². The number of carbonyl (C=O) groups excluding carboxylic acids is 1. The van der Waals surface area contributed by atoms with Crippen LogP contribution in [0.1, 0.15) is 23.5 Å². The van der Waals surface area contributed by atoms with E-state index in [4.69, 9.17) is 5.73 Å². The van der Waals surface area contributed by atoms with Gasteiger partial charge in [0.2, 0.25) is 5.91 Å². The van der Waals surface area contributed by atoms with E-state index in [0.29, 0.717) is 0 Å². The van der Waals surface area contributed by atoms with Crippen LogP contribution in [-0.2, 0) is 30.5 Å². The molecule has 1 atom stereocenters. The van der Waals surface area contributed by atoms with Gasteiger partial charge in [-0.3, -0.25) is 4.79 Å². The van der Waals surface area contributed by atoms with Gasteiger partial charge < -0.3 is 15.2 Å². The monoisotopic (exact) mass is 388 g/mol. The minimum atomic E-state index is -4.55. The molecule has 2 heterocycles. The lowest BCUT2D eigenvalue weighted by Crippen LogP contribution is -2.41. The smallest absolute Gasteiger partial charge is 0.327 e. The zero-order valence-corrected chi connectivity index (χ0v) is 14.1. The zero-order valence-electron chi connectivity index (χ0n) is 14.1. The second kappa shape index (κ2) is 7.26. The van der Waals surface area contributed by atoms with Crippen molar-refractivity contribution < 1.29 is 26.7 Å². The van der Waals surface area contributed by atoms with Crippen molar-refractivity contribution >= 4 is 5.91 Å². The standard InChI is InChI=1S/C17H17F5N4O/c18-11-1-2-13(19)10(5-11)6-12(23)7-16(27)25-4-3-15-24-14(17(20,21)22)8-26(15)9-25/h1-2,5,8,12H,3-4,6-7,9,23H2/t12-/m1/s1. The van der Waals surface area contributed by atoms with Crippen LogP contribution >= 0.6 is 0 Å². The Labute approximate surface area is 151 Å². The molecule has 0 saturated carbocycles. The Morgan fingerprint density at radius 1 is 1.30 bits per heavy atom. The number of hydrogen-bond acceptors (Lipinski definition) is 3. The van der Waals surface area contributed by atoms with Crippen LogP contribution in [0.3, 0.4) is 0 Å². The van der Waals surface area contributed by atoms with Crippen molar-refractivity contribution in [3.05, 3.63) is 53.1 Å². The molecule has 0 aliphatic carbocycles. The van der Waals surface area contributed by atoms with Gasteiger partial charge in [-0.2, -0.15) is 13.2 Å². The average molecular weight is 388 g/mol. The first-order chi connectivity index (χ1) is 12.6. The minimum absolute atomic E-state index is 0.0300. The van der Waals surface area contributed by atoms with Crippen molar-refractivity contribution in [1.82, 2.24) is 14.5 Å². The van der Waals surface area contributed by atoms with E-state index in [1.165, 1.54) is 9.47 Å². The Bertz CT molecular complexity index is 848. The Balaban J connectivity index is 1.61. The lowest BCUT2D eigenvalue weighted by atomic mass is 10.0. The summed E-state index contributed by atoms with van der Waals surface area (Å²) in [4.78, 5) is 17.3. The van der Waals surface area contributed by atoms with Crippen LogP contribution < -0.4 is 5.73 Å². The number of halogens is 5. The van der Waals surface area contributed by atoms with Crippen molar-refractivity contribution in [2.24, 2.45) is 5.73 Å². The van der Waals surface area contributed by atoms with Gasteiger partial charge in [0.1, 0.15) is 17.5 Å². The molecule has 2 aromatic rings. The summed E-state index contributed by atoms with van der Waals surface area (Å²) < 4.78 is 66.4. The van der Waals surface area contributed by atoms with E-state index in [9.17, 15) is 26.7 Å². The van der Waals surface area contributed by atoms with Crippen LogP contribution in [-0.4, -0.2) is 32.9 Å². The molecule has 0 saturated heterocycles. The highest BCUT2D eigenvalue weighted by atomic mass is 19.4. The highest BCUT2D eigenvalue weighted by Crippen LogP contribution is 2.29. The molecule has 2 N–H and O–H groups in total. The number of alkyl halides is 3. The molecule has 0 fully saturated rings. The fourth-order valence-corrected chi connectivity index (χ4v) is 3.01. The first kappa shape index (κ1) is 19.3. The number of hydrogen-bond donors (Lipinski definition) is 1. The summed E-state index contributed by atoms with van der Waals surface area (Å²) in [6.45, 7) is 0.159. The van der Waals surface area contributed by atoms with E-state index in [0.717, 1.165) is 24.4 Å². The van der Waals surface area contributed by atoms with Crippen LogP contribution in [0, 0.1) is 11.6 Å². The topological polar surface area (TPSA) is 64.2 Å². The third kappa shape index (κ3) is 4.44. The molecule has 3 rings (SSSR count). The molecule has 146 valence electrons. The van der Waals surface area contributed by atoms with Crippen LogP contribution in [0.5, 0.6) is 0 Å². The van der Waals surface area contributed by atoms with Gasteiger partial charge in [-0.05, 0) is 30.2 Å². The second-order valence-corrected chi connectivity index (χ2v) is 6.46. The number of amides is 1. The van der Waals surface area contributed by atoms with Crippen LogP contribution in [0.2, 0.25) is 0 Å². The molecule has 0 unspecified atom stereocenters. The number of aromatic nitrogens is 2. The quantitative estimate of drug-likeness (QED) is 0.819. The number of imidazole rings is 1. The highest BCUT2D eigenvalue weighted by molar-refractivity contribution is 5.76. The predicted molar refractivity (Wildman–Crippen MR) is 85.3 cm³/mol. The third-order valence-corrected chi connectivity index (χ3v) is 4.36. The Morgan fingerprint density at radius 3 is 2.74 bits per heavy atom. The van der Waals surface area contributed by atoms with Gasteiger partial charge in [0.15, 0.2) is 5.69 Å². The highest BCUT2D eigenvalue weighted by Gasteiger charge is 2.36. The number of carbonyl (C=O) groups is 1. The fourth-order valence-electron chi connectivity index (χ4n) is 3.01. The largest absolute Gasteiger partial charge is 0.434 e. The molecule has 10 heteroatoms. The number of rotatable bonds is 4. The third-order valence-electron chi connectivity index (χ3n) is 4.36. The number of benzene rings is 1. The van der Waals surface area contributed by atoms with Crippen molar-refractivity contribution in [1.29, 1.82) is 0 Å². The Kier molecular flexibility index (Phi) is 5.18. The van der Waals surface area contributed by atoms with Gasteiger partial charge in [-0.1, -0.05) is 0 Å². The van der Waals surface area contributed by atoms with Crippen molar-refractivity contribution in [3.8, 4) is 0 Å². The van der Waals surface area contributed by atoms with E-state index >= 15 is 0 Å².